The van der Waals surface area contributed by atoms with E-state index in [0.717, 1.165) is 27.4 Å². The van der Waals surface area contributed by atoms with Gasteiger partial charge in [0.15, 0.2) is 0 Å². The summed E-state index contributed by atoms with van der Waals surface area (Å²) in [6.45, 7) is 4.94. The van der Waals surface area contributed by atoms with Crippen molar-refractivity contribution in [3.8, 4) is 5.75 Å². The van der Waals surface area contributed by atoms with Crippen LogP contribution in [0.2, 0.25) is 0 Å². The Kier molecular flexibility index (Phi) is 7.40. The molecule has 8 heteroatoms. The molecular weight excluding hydrogens is 468 g/mol. The second-order valence-electron chi connectivity index (χ2n) is 8.65. The van der Waals surface area contributed by atoms with Crippen LogP contribution in [0.1, 0.15) is 28.8 Å². The number of benzene rings is 2. The number of amides is 1. The number of carbonyl (C=O) groups excluding carboxylic acids is 1. The van der Waals surface area contributed by atoms with Crippen LogP contribution in [0.15, 0.2) is 64.9 Å². The smallest absolute Gasteiger partial charge is 0.243 e. The maximum Gasteiger partial charge on any atom is 0.243 e. The van der Waals surface area contributed by atoms with E-state index < -0.39 is 10.0 Å². The van der Waals surface area contributed by atoms with Crippen LogP contribution < -0.4 is 9.64 Å². The Hall–Kier alpha value is -2.68. The van der Waals surface area contributed by atoms with Crippen LogP contribution in [0.4, 0.5) is 5.69 Å². The molecule has 0 radical (unpaired) electrons. The minimum absolute atomic E-state index is 0.0298. The molecular formula is C26H30N2O4S2. The highest BCUT2D eigenvalue weighted by Gasteiger charge is 2.35. The SMILES string of the molecule is COc1ccc(N(Cc2cccs2)C(=O)C2CCN(S(=O)(=O)c3ccc(C)cc3C)CC2)cc1. The van der Waals surface area contributed by atoms with Gasteiger partial charge >= 0.3 is 0 Å². The van der Waals surface area contributed by atoms with Crippen LogP contribution in [0.25, 0.3) is 0 Å². The standard InChI is InChI=1S/C26H30N2O4S2/c1-19-6-11-25(20(2)17-19)34(30,31)27-14-12-21(13-15-27)26(29)28(18-24-5-4-16-33-24)22-7-9-23(32-3)10-8-22/h4-11,16-17,21H,12-15,18H2,1-3H3. The van der Waals surface area contributed by atoms with Crippen LogP contribution in [-0.4, -0.2) is 38.8 Å². The molecule has 6 nitrogen and oxygen atoms in total. The molecule has 3 aromatic rings. The van der Waals surface area contributed by atoms with Crippen molar-refractivity contribution in [2.24, 2.45) is 5.92 Å². The summed E-state index contributed by atoms with van der Waals surface area (Å²) in [6, 6.07) is 16.9. The Bertz CT molecular complexity index is 1230. The minimum Gasteiger partial charge on any atom is -0.497 e. The lowest BCUT2D eigenvalue weighted by Crippen LogP contribution is -2.44. The van der Waals surface area contributed by atoms with Gasteiger partial charge in [-0.15, -0.1) is 11.3 Å². The predicted octanol–water partition coefficient (Wildman–Crippen LogP) is 5.01. The number of hydrogen-bond acceptors (Lipinski definition) is 5. The number of rotatable bonds is 7. The van der Waals surface area contributed by atoms with Gasteiger partial charge in [0, 0.05) is 29.6 Å². The van der Waals surface area contributed by atoms with Crippen molar-refractivity contribution in [3.05, 3.63) is 76.0 Å². The summed E-state index contributed by atoms with van der Waals surface area (Å²) < 4.78 is 33.3. The van der Waals surface area contributed by atoms with E-state index in [1.165, 1.54) is 4.31 Å². The zero-order chi connectivity index (χ0) is 24.3. The first-order valence-corrected chi connectivity index (χ1v) is 13.7. The highest BCUT2D eigenvalue weighted by atomic mass is 32.2. The predicted molar refractivity (Wildman–Crippen MR) is 136 cm³/mol. The molecule has 0 atom stereocenters. The molecule has 1 aliphatic rings. The fourth-order valence-corrected chi connectivity index (χ4v) is 6.78. The zero-order valence-electron chi connectivity index (χ0n) is 19.7. The lowest BCUT2D eigenvalue weighted by Gasteiger charge is -2.34. The first kappa shape index (κ1) is 24.4. The summed E-state index contributed by atoms with van der Waals surface area (Å²) in [5.74, 6) is 0.534. The van der Waals surface area contributed by atoms with Gasteiger partial charge in [-0.25, -0.2) is 8.42 Å². The van der Waals surface area contributed by atoms with Gasteiger partial charge in [0.25, 0.3) is 0 Å². The molecule has 4 rings (SSSR count). The molecule has 1 aromatic heterocycles. The third kappa shape index (κ3) is 5.19. The molecule has 0 bridgehead atoms. The number of nitrogens with zero attached hydrogens (tertiary/aromatic N) is 2. The Labute approximate surface area is 205 Å². The monoisotopic (exact) mass is 498 g/mol. The Morgan fingerprint density at radius 2 is 1.79 bits per heavy atom. The van der Waals surface area contributed by atoms with E-state index in [1.54, 1.807) is 24.5 Å². The third-order valence-corrected chi connectivity index (χ3v) is 9.22. The summed E-state index contributed by atoms with van der Waals surface area (Å²) in [6.07, 6.45) is 1.00. The maximum atomic E-state index is 13.6. The lowest BCUT2D eigenvalue weighted by atomic mass is 9.96. The van der Waals surface area contributed by atoms with Gasteiger partial charge in [0.2, 0.25) is 15.9 Å². The normalized spacial score (nSPS) is 15.3. The third-order valence-electron chi connectivity index (χ3n) is 6.30. The number of methoxy groups -OCH3 is 1. The number of aryl methyl sites for hydroxylation is 2. The summed E-state index contributed by atoms with van der Waals surface area (Å²) >= 11 is 1.62. The van der Waals surface area contributed by atoms with Gasteiger partial charge < -0.3 is 9.64 Å². The number of sulfonamides is 1. The van der Waals surface area contributed by atoms with Crippen molar-refractivity contribution in [2.75, 3.05) is 25.1 Å². The second-order valence-corrected chi connectivity index (χ2v) is 11.6. The van der Waals surface area contributed by atoms with E-state index in [-0.39, 0.29) is 11.8 Å². The maximum absolute atomic E-state index is 13.6. The van der Waals surface area contributed by atoms with E-state index in [4.69, 9.17) is 4.74 Å². The summed E-state index contributed by atoms with van der Waals surface area (Å²) in [4.78, 5) is 16.9. The summed E-state index contributed by atoms with van der Waals surface area (Å²) in [7, 11) is -1.97. The lowest BCUT2D eigenvalue weighted by molar-refractivity contribution is -0.123. The Morgan fingerprint density at radius 3 is 2.38 bits per heavy atom. The van der Waals surface area contributed by atoms with Crippen LogP contribution in [0.5, 0.6) is 5.75 Å². The Morgan fingerprint density at radius 1 is 1.09 bits per heavy atom. The number of thiophene rings is 1. The van der Waals surface area contributed by atoms with E-state index >= 15 is 0 Å². The van der Waals surface area contributed by atoms with Crippen molar-refractivity contribution in [1.82, 2.24) is 4.31 Å². The fraction of sp³-hybridized carbons (Fsp3) is 0.346. The van der Waals surface area contributed by atoms with Crippen LogP contribution in [0.3, 0.4) is 0 Å². The number of ether oxygens (including phenoxy) is 1. The number of carbonyl (C=O) groups is 1. The average molecular weight is 499 g/mol. The Balaban J connectivity index is 1.50. The highest BCUT2D eigenvalue weighted by Crippen LogP contribution is 2.30. The number of piperidine rings is 1. The molecule has 0 N–H and O–H groups in total. The second kappa shape index (κ2) is 10.3. The first-order chi connectivity index (χ1) is 16.3. The van der Waals surface area contributed by atoms with Gasteiger partial charge in [0.05, 0.1) is 18.6 Å². The van der Waals surface area contributed by atoms with E-state index in [9.17, 15) is 13.2 Å². The van der Waals surface area contributed by atoms with E-state index in [0.29, 0.717) is 37.4 Å². The van der Waals surface area contributed by atoms with Crippen LogP contribution in [0, 0.1) is 19.8 Å². The topological polar surface area (TPSA) is 66.9 Å². The van der Waals surface area contributed by atoms with Crippen molar-refractivity contribution in [3.63, 3.8) is 0 Å². The zero-order valence-corrected chi connectivity index (χ0v) is 21.4. The average Bonchev–Trinajstić information content (AvgIpc) is 3.35. The van der Waals surface area contributed by atoms with Gasteiger partial charge in [-0.3, -0.25) is 4.79 Å². The summed E-state index contributed by atoms with van der Waals surface area (Å²) in [5, 5.41) is 2.00. The van der Waals surface area contributed by atoms with Crippen molar-refractivity contribution >= 4 is 33.0 Å². The fourth-order valence-electron chi connectivity index (χ4n) is 4.41. The van der Waals surface area contributed by atoms with Crippen LogP contribution in [-0.2, 0) is 21.4 Å². The van der Waals surface area contributed by atoms with Gasteiger partial charge in [-0.1, -0.05) is 23.8 Å². The van der Waals surface area contributed by atoms with Gasteiger partial charge in [0.1, 0.15) is 5.75 Å². The van der Waals surface area contributed by atoms with Gasteiger partial charge in [-0.05, 0) is 74.0 Å². The molecule has 2 heterocycles. The molecule has 1 saturated heterocycles. The quantitative estimate of drug-likeness (QED) is 0.459. The molecule has 0 aliphatic carbocycles. The minimum atomic E-state index is -3.58. The molecule has 2 aromatic carbocycles. The van der Waals surface area contributed by atoms with Crippen molar-refractivity contribution < 1.29 is 17.9 Å². The summed E-state index contributed by atoms with van der Waals surface area (Å²) in [5.41, 5.74) is 2.59. The highest BCUT2D eigenvalue weighted by molar-refractivity contribution is 7.89. The van der Waals surface area contributed by atoms with Crippen molar-refractivity contribution in [1.29, 1.82) is 0 Å². The van der Waals surface area contributed by atoms with Crippen molar-refractivity contribution in [2.45, 2.75) is 38.1 Å². The van der Waals surface area contributed by atoms with Crippen LogP contribution >= 0.6 is 11.3 Å². The molecule has 0 unspecified atom stereocenters. The molecule has 0 saturated carbocycles. The molecule has 1 fully saturated rings. The number of hydrogen-bond donors (Lipinski definition) is 0. The number of anilines is 1. The molecule has 1 amide bonds. The molecule has 1 aliphatic heterocycles. The molecule has 0 spiro atoms. The van der Waals surface area contributed by atoms with E-state index in [2.05, 4.69) is 0 Å². The van der Waals surface area contributed by atoms with E-state index in [1.807, 2.05) is 72.7 Å². The molecule has 34 heavy (non-hydrogen) atoms. The largest absolute Gasteiger partial charge is 0.497 e. The van der Waals surface area contributed by atoms with Gasteiger partial charge in [-0.2, -0.15) is 4.31 Å². The molecule has 180 valence electrons. The first-order valence-electron chi connectivity index (χ1n) is 11.3.